The highest BCUT2D eigenvalue weighted by molar-refractivity contribution is 7.92. The first-order valence-electron chi connectivity index (χ1n) is 10.5. The number of rotatable bonds is 5. The van der Waals surface area contributed by atoms with E-state index in [1.165, 1.54) is 28.8 Å². The number of piperidine rings is 1. The van der Waals surface area contributed by atoms with Crippen molar-refractivity contribution < 1.29 is 12.8 Å². The van der Waals surface area contributed by atoms with Crippen LogP contribution in [0.3, 0.4) is 0 Å². The van der Waals surface area contributed by atoms with Gasteiger partial charge in [-0.05, 0) is 56.9 Å². The predicted octanol–water partition coefficient (Wildman–Crippen LogP) is 5.24. The summed E-state index contributed by atoms with van der Waals surface area (Å²) in [5.74, 6) is -0.513. The van der Waals surface area contributed by atoms with Gasteiger partial charge in [0.05, 0.1) is 15.8 Å². The van der Waals surface area contributed by atoms with E-state index in [-0.39, 0.29) is 4.90 Å². The highest BCUT2D eigenvalue weighted by Crippen LogP contribution is 2.31. The monoisotopic (exact) mass is 458 g/mol. The van der Waals surface area contributed by atoms with Crippen LogP contribution in [0.1, 0.15) is 40.8 Å². The van der Waals surface area contributed by atoms with E-state index in [0.717, 1.165) is 23.3 Å². The van der Waals surface area contributed by atoms with Gasteiger partial charge in [0.15, 0.2) is 15.0 Å². The number of hydrogen-bond donors (Lipinski definition) is 0. The first kappa shape index (κ1) is 22.0. The second-order valence-electron chi connectivity index (χ2n) is 8.44. The van der Waals surface area contributed by atoms with E-state index >= 15 is 0 Å². The lowest BCUT2D eigenvalue weighted by Crippen LogP contribution is -2.39. The SMILES string of the molecule is Cc1cc(C)cc(Cc2csc(N3CCC(S(=O)(=O)c4cc(F)ccc4C)CC3)n2)c1. The highest BCUT2D eigenvalue weighted by Gasteiger charge is 2.33. The Hall–Kier alpha value is -2.25. The Morgan fingerprint density at radius 3 is 2.42 bits per heavy atom. The van der Waals surface area contributed by atoms with Gasteiger partial charge in [-0.1, -0.05) is 35.4 Å². The average molecular weight is 459 g/mol. The standard InChI is InChI=1S/C24H27FN2O2S2/c1-16-10-17(2)12-19(11-16)13-21-15-30-24(26-21)27-8-6-22(7-9-27)31(28,29)23-14-20(25)5-4-18(23)3/h4-5,10-12,14-15,22H,6-9,13H2,1-3H3. The Labute approximate surface area is 187 Å². The van der Waals surface area contributed by atoms with Gasteiger partial charge in [-0.15, -0.1) is 11.3 Å². The maximum absolute atomic E-state index is 13.7. The molecule has 4 nitrogen and oxygen atoms in total. The van der Waals surface area contributed by atoms with Crippen molar-refractivity contribution >= 4 is 26.3 Å². The third kappa shape index (κ3) is 4.83. The molecule has 1 aromatic heterocycles. The third-order valence-corrected chi connectivity index (χ3v) is 9.17. The second kappa shape index (κ2) is 8.71. The number of hydrogen-bond acceptors (Lipinski definition) is 5. The van der Waals surface area contributed by atoms with Crippen LogP contribution in [0.2, 0.25) is 0 Å². The zero-order valence-electron chi connectivity index (χ0n) is 18.1. The molecule has 7 heteroatoms. The number of aromatic nitrogens is 1. The van der Waals surface area contributed by atoms with Crippen molar-refractivity contribution in [3.8, 4) is 0 Å². The number of sulfone groups is 1. The smallest absolute Gasteiger partial charge is 0.185 e. The van der Waals surface area contributed by atoms with Crippen molar-refractivity contribution in [1.29, 1.82) is 0 Å². The number of aryl methyl sites for hydroxylation is 3. The molecule has 1 aliphatic rings. The molecule has 0 N–H and O–H groups in total. The zero-order chi connectivity index (χ0) is 22.2. The fourth-order valence-electron chi connectivity index (χ4n) is 4.32. The first-order chi connectivity index (χ1) is 14.7. The molecule has 0 saturated carbocycles. The van der Waals surface area contributed by atoms with E-state index < -0.39 is 20.9 Å². The van der Waals surface area contributed by atoms with Gasteiger partial charge in [0.1, 0.15) is 5.82 Å². The van der Waals surface area contributed by atoms with Crippen LogP contribution in [-0.4, -0.2) is 31.7 Å². The van der Waals surface area contributed by atoms with Crippen molar-refractivity contribution in [1.82, 2.24) is 4.98 Å². The van der Waals surface area contributed by atoms with Crippen LogP contribution in [0.5, 0.6) is 0 Å². The maximum atomic E-state index is 13.7. The Morgan fingerprint density at radius 2 is 1.74 bits per heavy atom. The summed E-state index contributed by atoms with van der Waals surface area (Å²) in [5, 5.41) is 2.54. The van der Waals surface area contributed by atoms with Gasteiger partial charge in [0.25, 0.3) is 0 Å². The van der Waals surface area contributed by atoms with E-state index in [4.69, 9.17) is 4.98 Å². The summed E-state index contributed by atoms with van der Waals surface area (Å²) in [7, 11) is -3.55. The molecule has 0 atom stereocenters. The fourth-order valence-corrected chi connectivity index (χ4v) is 7.18. The number of thiazole rings is 1. The van der Waals surface area contributed by atoms with Crippen LogP contribution in [0.4, 0.5) is 9.52 Å². The van der Waals surface area contributed by atoms with E-state index in [0.29, 0.717) is 31.5 Å². The van der Waals surface area contributed by atoms with Crippen LogP contribution in [0.15, 0.2) is 46.7 Å². The van der Waals surface area contributed by atoms with Crippen molar-refractivity contribution in [3.63, 3.8) is 0 Å². The molecular weight excluding hydrogens is 431 g/mol. The van der Waals surface area contributed by atoms with Gasteiger partial charge in [0, 0.05) is 24.9 Å². The summed E-state index contributed by atoms with van der Waals surface area (Å²) < 4.78 is 39.8. The molecule has 2 heterocycles. The van der Waals surface area contributed by atoms with Crippen LogP contribution in [0, 0.1) is 26.6 Å². The summed E-state index contributed by atoms with van der Waals surface area (Å²) in [6.45, 7) is 7.19. The minimum absolute atomic E-state index is 0.121. The van der Waals surface area contributed by atoms with Crippen LogP contribution in [-0.2, 0) is 16.3 Å². The second-order valence-corrected chi connectivity index (χ2v) is 11.5. The topological polar surface area (TPSA) is 50.3 Å². The lowest BCUT2D eigenvalue weighted by Gasteiger charge is -2.31. The van der Waals surface area contributed by atoms with Gasteiger partial charge < -0.3 is 4.90 Å². The van der Waals surface area contributed by atoms with Gasteiger partial charge in [0.2, 0.25) is 0 Å². The molecule has 1 fully saturated rings. The van der Waals surface area contributed by atoms with E-state index in [1.807, 2.05) is 0 Å². The molecule has 1 saturated heterocycles. The van der Waals surface area contributed by atoms with Crippen LogP contribution in [0.25, 0.3) is 0 Å². The first-order valence-corrected chi connectivity index (χ1v) is 12.9. The van der Waals surface area contributed by atoms with Crippen molar-refractivity contribution in [2.24, 2.45) is 0 Å². The van der Waals surface area contributed by atoms with Crippen LogP contribution < -0.4 is 4.90 Å². The van der Waals surface area contributed by atoms with E-state index in [1.54, 1.807) is 18.3 Å². The fraction of sp³-hybridized carbons (Fsp3) is 0.375. The zero-order valence-corrected chi connectivity index (χ0v) is 19.7. The van der Waals surface area contributed by atoms with Gasteiger partial charge in [-0.2, -0.15) is 0 Å². The Kier molecular flexibility index (Phi) is 6.17. The van der Waals surface area contributed by atoms with Crippen molar-refractivity contribution in [2.45, 2.75) is 50.2 Å². The predicted molar refractivity (Wildman–Crippen MR) is 124 cm³/mol. The molecule has 0 bridgehead atoms. The molecular formula is C24H27FN2O2S2. The summed E-state index contributed by atoms with van der Waals surface area (Å²) in [6.07, 6.45) is 1.83. The van der Waals surface area contributed by atoms with Gasteiger partial charge in [-0.3, -0.25) is 0 Å². The average Bonchev–Trinajstić information content (AvgIpc) is 3.17. The van der Waals surface area contributed by atoms with E-state index in [9.17, 15) is 12.8 Å². The molecule has 0 aliphatic carbocycles. The number of halogens is 1. The molecule has 4 rings (SSSR count). The molecule has 0 amide bonds. The lowest BCUT2D eigenvalue weighted by atomic mass is 10.0. The summed E-state index contributed by atoms with van der Waals surface area (Å²) in [4.78, 5) is 7.09. The normalized spacial score (nSPS) is 15.4. The Morgan fingerprint density at radius 1 is 1.06 bits per heavy atom. The molecule has 0 radical (unpaired) electrons. The van der Waals surface area contributed by atoms with Crippen molar-refractivity contribution in [2.75, 3.05) is 18.0 Å². The lowest BCUT2D eigenvalue weighted by molar-refractivity contribution is 0.527. The molecule has 3 aromatic rings. The van der Waals surface area contributed by atoms with Gasteiger partial charge in [-0.25, -0.2) is 17.8 Å². The van der Waals surface area contributed by atoms with Crippen LogP contribution >= 0.6 is 11.3 Å². The minimum atomic E-state index is -3.55. The van der Waals surface area contributed by atoms with Crippen molar-refractivity contribution in [3.05, 3.63) is 75.5 Å². The number of anilines is 1. The molecule has 1 aliphatic heterocycles. The molecule has 31 heavy (non-hydrogen) atoms. The third-order valence-electron chi connectivity index (χ3n) is 5.81. The molecule has 2 aromatic carbocycles. The Bertz CT molecular complexity index is 1180. The summed E-state index contributed by atoms with van der Waals surface area (Å²) >= 11 is 1.61. The quantitative estimate of drug-likeness (QED) is 0.525. The summed E-state index contributed by atoms with van der Waals surface area (Å²) in [5.41, 5.74) is 5.39. The molecule has 0 unspecified atom stereocenters. The molecule has 164 valence electrons. The molecule has 0 spiro atoms. The highest BCUT2D eigenvalue weighted by atomic mass is 32.2. The summed E-state index contributed by atoms with van der Waals surface area (Å²) in [6, 6.07) is 10.5. The maximum Gasteiger partial charge on any atom is 0.185 e. The van der Waals surface area contributed by atoms with E-state index in [2.05, 4.69) is 42.3 Å². The number of benzene rings is 2. The Balaban J connectivity index is 1.43. The largest absolute Gasteiger partial charge is 0.348 e. The van der Waals surface area contributed by atoms with Gasteiger partial charge >= 0.3 is 0 Å². The minimum Gasteiger partial charge on any atom is -0.348 e. The number of nitrogens with zero attached hydrogens (tertiary/aromatic N) is 2.